The van der Waals surface area contributed by atoms with Crippen LogP contribution in [0.1, 0.15) is 114 Å². The Kier molecular flexibility index (Phi) is 12.7. The summed E-state index contributed by atoms with van der Waals surface area (Å²) in [7, 11) is 0. The molecule has 26 heavy (non-hydrogen) atoms. The number of phenolic OH excluding ortho intramolecular Hbond substituents is 1. The van der Waals surface area contributed by atoms with Crippen LogP contribution in [0.4, 0.5) is 5.69 Å². The van der Waals surface area contributed by atoms with Crippen LogP contribution in [-0.2, 0) is 0 Å². The lowest BCUT2D eigenvalue weighted by Gasteiger charge is -2.05. The van der Waals surface area contributed by atoms with Crippen molar-refractivity contribution in [3.05, 3.63) is 23.8 Å². The van der Waals surface area contributed by atoms with Crippen LogP contribution in [0, 0.1) is 0 Å². The van der Waals surface area contributed by atoms with Crippen molar-refractivity contribution in [3.63, 3.8) is 0 Å². The molecule has 1 aromatic rings. The zero-order chi connectivity index (χ0) is 19.0. The third-order valence-electron chi connectivity index (χ3n) is 5.08. The minimum atomic E-state index is -0.00580. The van der Waals surface area contributed by atoms with Gasteiger partial charge in [0, 0.05) is 12.1 Å². The number of phenols is 1. The first-order valence-corrected chi connectivity index (χ1v) is 10.8. The summed E-state index contributed by atoms with van der Waals surface area (Å²) in [4.78, 5) is 12.1. The quantitative estimate of drug-likeness (QED) is 0.144. The lowest BCUT2D eigenvalue weighted by molar-refractivity contribution is 0.0976. The summed E-state index contributed by atoms with van der Waals surface area (Å²) in [6, 6.07) is 4.67. The van der Waals surface area contributed by atoms with Gasteiger partial charge in [-0.25, -0.2) is 0 Å². The fourth-order valence-corrected chi connectivity index (χ4v) is 3.39. The summed E-state index contributed by atoms with van der Waals surface area (Å²) in [6.45, 7) is 2.27. The van der Waals surface area contributed by atoms with Crippen LogP contribution in [0.25, 0.3) is 0 Å². The maximum atomic E-state index is 12.1. The molecule has 0 saturated carbocycles. The van der Waals surface area contributed by atoms with Crippen LogP contribution in [0.5, 0.6) is 5.75 Å². The molecule has 0 heterocycles. The van der Waals surface area contributed by atoms with Gasteiger partial charge < -0.3 is 10.8 Å². The molecule has 0 fully saturated rings. The standard InChI is InChI=1S/C23H39NO2/c1-2-3-4-5-6-7-8-9-10-11-12-13-14-15-16-22(25)21-19-20(24)17-18-23(21)26/h17-19,26H,2-16,24H2,1H3. The number of anilines is 1. The molecule has 0 aromatic heterocycles. The first kappa shape index (κ1) is 22.5. The SMILES string of the molecule is CCCCCCCCCCCCCCCCC(=O)c1cc(N)ccc1O. The van der Waals surface area contributed by atoms with Gasteiger partial charge in [-0.2, -0.15) is 0 Å². The predicted octanol–water partition coefficient (Wildman–Crippen LogP) is 7.03. The van der Waals surface area contributed by atoms with Gasteiger partial charge in [0.1, 0.15) is 5.75 Å². The van der Waals surface area contributed by atoms with Gasteiger partial charge in [-0.1, -0.05) is 90.4 Å². The highest BCUT2D eigenvalue weighted by molar-refractivity contribution is 5.99. The summed E-state index contributed by atoms with van der Waals surface area (Å²) < 4.78 is 0. The Morgan fingerprint density at radius 1 is 0.808 bits per heavy atom. The van der Waals surface area contributed by atoms with E-state index in [1.165, 1.54) is 83.1 Å². The van der Waals surface area contributed by atoms with Crippen LogP contribution < -0.4 is 5.73 Å². The molecule has 0 amide bonds. The van der Waals surface area contributed by atoms with Crippen LogP contribution in [0.2, 0.25) is 0 Å². The number of Topliss-reactive ketones (excluding diaryl/α,β-unsaturated/α-hetero) is 1. The molecule has 0 saturated heterocycles. The van der Waals surface area contributed by atoms with Gasteiger partial charge in [-0.3, -0.25) is 4.79 Å². The second kappa shape index (κ2) is 14.6. The molecule has 3 heteroatoms. The number of rotatable bonds is 16. The Labute approximate surface area is 160 Å². The lowest BCUT2D eigenvalue weighted by Crippen LogP contribution is -2.00. The van der Waals surface area contributed by atoms with Crippen LogP contribution in [0.3, 0.4) is 0 Å². The highest BCUT2D eigenvalue weighted by Crippen LogP contribution is 2.22. The molecule has 3 N–H and O–H groups in total. The number of unbranched alkanes of at least 4 members (excludes halogenated alkanes) is 13. The average molecular weight is 362 g/mol. The lowest BCUT2D eigenvalue weighted by atomic mass is 10.0. The Hall–Kier alpha value is -1.51. The molecule has 1 rings (SSSR count). The summed E-state index contributed by atoms with van der Waals surface area (Å²) in [6.07, 6.45) is 18.8. The summed E-state index contributed by atoms with van der Waals surface area (Å²) in [5.74, 6) is 0.0308. The number of aromatic hydroxyl groups is 1. The number of nitrogens with two attached hydrogens (primary N) is 1. The van der Waals surface area contributed by atoms with E-state index < -0.39 is 0 Å². The molecule has 0 radical (unpaired) electrons. The second-order valence-electron chi connectivity index (χ2n) is 7.55. The molecule has 0 aliphatic carbocycles. The Balaban J connectivity index is 1.92. The largest absolute Gasteiger partial charge is 0.507 e. The van der Waals surface area contributed by atoms with Crippen molar-refractivity contribution in [1.82, 2.24) is 0 Å². The minimum Gasteiger partial charge on any atom is -0.507 e. The number of carbonyl (C=O) groups excluding carboxylic acids is 1. The van der Waals surface area contributed by atoms with E-state index in [9.17, 15) is 9.90 Å². The predicted molar refractivity (Wildman–Crippen MR) is 112 cm³/mol. The zero-order valence-electron chi connectivity index (χ0n) is 16.8. The van der Waals surface area contributed by atoms with Crippen molar-refractivity contribution in [2.24, 2.45) is 0 Å². The molecule has 3 nitrogen and oxygen atoms in total. The van der Waals surface area contributed by atoms with Gasteiger partial charge in [0.25, 0.3) is 0 Å². The Morgan fingerprint density at radius 2 is 1.27 bits per heavy atom. The van der Waals surface area contributed by atoms with E-state index in [2.05, 4.69) is 6.92 Å². The van der Waals surface area contributed by atoms with Crippen LogP contribution >= 0.6 is 0 Å². The molecular formula is C23H39NO2. The monoisotopic (exact) mass is 361 g/mol. The third kappa shape index (κ3) is 10.5. The number of carbonyl (C=O) groups is 1. The average Bonchev–Trinajstić information content (AvgIpc) is 2.63. The number of hydrogen-bond acceptors (Lipinski definition) is 3. The fraction of sp³-hybridized carbons (Fsp3) is 0.696. The van der Waals surface area contributed by atoms with Crippen molar-refractivity contribution < 1.29 is 9.90 Å². The third-order valence-corrected chi connectivity index (χ3v) is 5.08. The van der Waals surface area contributed by atoms with E-state index >= 15 is 0 Å². The zero-order valence-corrected chi connectivity index (χ0v) is 16.8. The normalized spacial score (nSPS) is 11.0. The Morgan fingerprint density at radius 3 is 1.77 bits per heavy atom. The molecule has 0 atom stereocenters. The van der Waals surface area contributed by atoms with E-state index in [0.29, 0.717) is 17.7 Å². The fourth-order valence-electron chi connectivity index (χ4n) is 3.39. The van der Waals surface area contributed by atoms with Crippen molar-refractivity contribution in [3.8, 4) is 5.75 Å². The molecule has 0 aliphatic rings. The maximum Gasteiger partial charge on any atom is 0.166 e. The van der Waals surface area contributed by atoms with Crippen LogP contribution in [-0.4, -0.2) is 10.9 Å². The molecule has 1 aromatic carbocycles. The molecule has 0 bridgehead atoms. The Bertz CT molecular complexity index is 499. The molecule has 148 valence electrons. The van der Waals surface area contributed by atoms with Gasteiger partial charge in [0.2, 0.25) is 0 Å². The smallest absolute Gasteiger partial charge is 0.166 e. The van der Waals surface area contributed by atoms with Gasteiger partial charge >= 0.3 is 0 Å². The topological polar surface area (TPSA) is 63.3 Å². The van der Waals surface area contributed by atoms with Crippen molar-refractivity contribution >= 4 is 11.5 Å². The van der Waals surface area contributed by atoms with Gasteiger partial charge in [0.05, 0.1) is 5.56 Å². The molecule has 0 aliphatic heterocycles. The van der Waals surface area contributed by atoms with E-state index in [1.807, 2.05) is 0 Å². The first-order valence-electron chi connectivity index (χ1n) is 10.8. The summed E-state index contributed by atoms with van der Waals surface area (Å²) in [5.41, 5.74) is 6.56. The number of nitrogen functional groups attached to an aromatic ring is 1. The maximum absolute atomic E-state index is 12.1. The van der Waals surface area contributed by atoms with E-state index in [0.717, 1.165) is 12.8 Å². The van der Waals surface area contributed by atoms with Crippen molar-refractivity contribution in [1.29, 1.82) is 0 Å². The molecule has 0 unspecified atom stereocenters. The second-order valence-corrected chi connectivity index (χ2v) is 7.55. The highest BCUT2D eigenvalue weighted by atomic mass is 16.3. The van der Waals surface area contributed by atoms with Gasteiger partial charge in [-0.05, 0) is 24.6 Å². The summed E-state index contributed by atoms with van der Waals surface area (Å²) in [5, 5.41) is 9.74. The number of benzene rings is 1. The van der Waals surface area contributed by atoms with Crippen molar-refractivity contribution in [2.75, 3.05) is 5.73 Å². The molecule has 0 spiro atoms. The van der Waals surface area contributed by atoms with E-state index in [1.54, 1.807) is 12.1 Å². The first-order chi connectivity index (χ1) is 12.6. The summed E-state index contributed by atoms with van der Waals surface area (Å²) >= 11 is 0. The van der Waals surface area contributed by atoms with E-state index in [4.69, 9.17) is 5.73 Å². The van der Waals surface area contributed by atoms with E-state index in [-0.39, 0.29) is 11.5 Å². The number of hydrogen-bond donors (Lipinski definition) is 2. The molecular weight excluding hydrogens is 322 g/mol. The minimum absolute atomic E-state index is 0.00580. The van der Waals surface area contributed by atoms with Crippen molar-refractivity contribution in [2.45, 2.75) is 103 Å². The van der Waals surface area contributed by atoms with Crippen LogP contribution in [0.15, 0.2) is 18.2 Å². The van der Waals surface area contributed by atoms with Gasteiger partial charge in [-0.15, -0.1) is 0 Å². The number of ketones is 1. The van der Waals surface area contributed by atoms with Gasteiger partial charge in [0.15, 0.2) is 5.78 Å². The highest BCUT2D eigenvalue weighted by Gasteiger charge is 2.10.